The summed E-state index contributed by atoms with van der Waals surface area (Å²) in [7, 11) is 3.19. The number of epoxide rings is 2. The van der Waals surface area contributed by atoms with Crippen molar-refractivity contribution in [2.45, 2.75) is 76.0 Å². The molecule has 0 aromatic rings. The zero-order chi connectivity index (χ0) is 24.9. The average molecular weight is 485 g/mol. The highest BCUT2D eigenvalue weighted by atomic mass is 16.6. The van der Waals surface area contributed by atoms with E-state index in [1.54, 1.807) is 14.2 Å². The van der Waals surface area contributed by atoms with Crippen LogP contribution < -0.4 is 5.32 Å². The highest BCUT2D eigenvalue weighted by Crippen LogP contribution is 2.59. The Labute approximate surface area is 201 Å². The van der Waals surface area contributed by atoms with Crippen molar-refractivity contribution in [1.82, 2.24) is 10.2 Å². The maximum absolute atomic E-state index is 12.5. The highest BCUT2D eigenvalue weighted by molar-refractivity contribution is 5.67. The van der Waals surface area contributed by atoms with Gasteiger partial charge in [0.05, 0.1) is 31.8 Å². The molecule has 2 amide bonds. The lowest BCUT2D eigenvalue weighted by Gasteiger charge is -2.42. The van der Waals surface area contributed by atoms with Gasteiger partial charge in [0, 0.05) is 27.2 Å². The molecule has 1 saturated carbocycles. The number of ether oxygens (including phenoxy) is 5. The normalized spacial score (nSPS) is 33.7. The van der Waals surface area contributed by atoms with Gasteiger partial charge in [-0.25, -0.2) is 9.59 Å². The molecule has 3 aliphatic rings. The van der Waals surface area contributed by atoms with Crippen LogP contribution in [0.2, 0.25) is 0 Å². The predicted molar refractivity (Wildman–Crippen MR) is 123 cm³/mol. The first-order valence-electron chi connectivity index (χ1n) is 12.1. The molecular weight excluding hydrogens is 444 g/mol. The molecule has 3 fully saturated rings. The molecule has 6 unspecified atom stereocenters. The third-order valence-electron chi connectivity index (χ3n) is 7.06. The molecular formula is C24H40N2O8. The summed E-state index contributed by atoms with van der Waals surface area (Å²) in [6.07, 6.45) is 3.26. The molecule has 0 radical (unpaired) electrons. The van der Waals surface area contributed by atoms with Crippen LogP contribution in [0.5, 0.6) is 0 Å². The molecule has 194 valence electrons. The van der Waals surface area contributed by atoms with Crippen molar-refractivity contribution in [3.05, 3.63) is 11.6 Å². The molecule has 0 aromatic heterocycles. The monoisotopic (exact) mass is 484 g/mol. The van der Waals surface area contributed by atoms with E-state index in [1.807, 2.05) is 0 Å². The zero-order valence-corrected chi connectivity index (χ0v) is 21.0. The predicted octanol–water partition coefficient (Wildman–Crippen LogP) is 2.24. The molecule has 10 heteroatoms. The van der Waals surface area contributed by atoms with Crippen LogP contribution in [0.1, 0.15) is 46.5 Å². The van der Waals surface area contributed by atoms with E-state index < -0.39 is 18.3 Å². The number of allylic oxidation sites excluding steroid dienone is 1. The van der Waals surface area contributed by atoms with E-state index in [0.29, 0.717) is 26.0 Å². The van der Waals surface area contributed by atoms with Crippen molar-refractivity contribution < 1.29 is 38.4 Å². The molecule has 0 aromatic carbocycles. The second-order valence-corrected chi connectivity index (χ2v) is 9.86. The SMILES string of the molecule is COC1C(OC(=O)NCCCOC(=O)N(C)CCO)CCC2(CO2)C1C1(C)OC1CC=C(C)C. The second-order valence-electron chi connectivity index (χ2n) is 9.86. The van der Waals surface area contributed by atoms with Gasteiger partial charge in [-0.15, -0.1) is 0 Å². The summed E-state index contributed by atoms with van der Waals surface area (Å²) in [6, 6.07) is 0. The molecule has 34 heavy (non-hydrogen) atoms. The number of carbonyl (C=O) groups is 2. The Kier molecular flexibility index (Phi) is 8.83. The van der Waals surface area contributed by atoms with E-state index in [9.17, 15) is 9.59 Å². The molecule has 1 aliphatic carbocycles. The van der Waals surface area contributed by atoms with Crippen molar-refractivity contribution in [3.8, 4) is 0 Å². The largest absolute Gasteiger partial charge is 0.449 e. The number of rotatable bonds is 11. The van der Waals surface area contributed by atoms with Crippen LogP contribution in [0.15, 0.2) is 11.6 Å². The van der Waals surface area contributed by atoms with Crippen LogP contribution in [-0.4, -0.2) is 98.8 Å². The molecule has 2 heterocycles. The van der Waals surface area contributed by atoms with Gasteiger partial charge >= 0.3 is 12.2 Å². The fourth-order valence-corrected chi connectivity index (χ4v) is 5.02. The fourth-order valence-electron chi connectivity index (χ4n) is 5.02. The Morgan fingerprint density at radius 1 is 1.32 bits per heavy atom. The first kappa shape index (κ1) is 26.7. The van der Waals surface area contributed by atoms with Crippen molar-refractivity contribution in [3.63, 3.8) is 0 Å². The van der Waals surface area contributed by atoms with Gasteiger partial charge in [0.1, 0.15) is 23.4 Å². The van der Waals surface area contributed by atoms with Gasteiger partial charge in [0.2, 0.25) is 0 Å². The molecule has 1 spiro atoms. The third kappa shape index (κ3) is 6.21. The van der Waals surface area contributed by atoms with Gasteiger partial charge in [0.25, 0.3) is 0 Å². The van der Waals surface area contributed by atoms with E-state index in [1.165, 1.54) is 10.5 Å². The van der Waals surface area contributed by atoms with Gasteiger partial charge in [-0.2, -0.15) is 0 Å². The topological polar surface area (TPSA) is 122 Å². The minimum atomic E-state index is -0.523. The van der Waals surface area contributed by atoms with Crippen molar-refractivity contribution >= 4 is 12.2 Å². The Balaban J connectivity index is 1.48. The number of amides is 2. The van der Waals surface area contributed by atoms with Gasteiger partial charge < -0.3 is 39.0 Å². The molecule has 2 N–H and O–H groups in total. The number of likely N-dealkylation sites (N-methyl/N-ethyl adjacent to an activating group) is 1. The lowest BCUT2D eigenvalue weighted by atomic mass is 9.68. The number of hydrogen-bond acceptors (Lipinski definition) is 8. The molecule has 2 aliphatic heterocycles. The highest BCUT2D eigenvalue weighted by Gasteiger charge is 2.72. The summed E-state index contributed by atoms with van der Waals surface area (Å²) < 4.78 is 28.8. The van der Waals surface area contributed by atoms with Crippen LogP contribution in [0.3, 0.4) is 0 Å². The minimum Gasteiger partial charge on any atom is -0.449 e. The van der Waals surface area contributed by atoms with Crippen molar-refractivity contribution in [1.29, 1.82) is 0 Å². The molecule has 0 bridgehead atoms. The Hall–Kier alpha value is -1.88. The molecule has 2 saturated heterocycles. The summed E-state index contributed by atoms with van der Waals surface area (Å²) in [6.45, 7) is 7.48. The summed E-state index contributed by atoms with van der Waals surface area (Å²) in [5.74, 6) is -0.0255. The molecule has 3 rings (SSSR count). The van der Waals surface area contributed by atoms with E-state index in [-0.39, 0.29) is 49.1 Å². The van der Waals surface area contributed by atoms with Crippen LogP contribution in [0.4, 0.5) is 9.59 Å². The lowest BCUT2D eigenvalue weighted by molar-refractivity contribution is -0.118. The summed E-state index contributed by atoms with van der Waals surface area (Å²) in [5, 5.41) is 11.6. The van der Waals surface area contributed by atoms with Gasteiger partial charge in [-0.1, -0.05) is 11.6 Å². The minimum absolute atomic E-state index is 0.0255. The van der Waals surface area contributed by atoms with Crippen molar-refractivity contribution in [2.24, 2.45) is 5.92 Å². The van der Waals surface area contributed by atoms with Crippen LogP contribution >= 0.6 is 0 Å². The van der Waals surface area contributed by atoms with E-state index in [0.717, 1.165) is 12.8 Å². The van der Waals surface area contributed by atoms with Gasteiger partial charge in [-0.3, -0.25) is 0 Å². The Morgan fingerprint density at radius 3 is 2.68 bits per heavy atom. The number of alkyl carbamates (subject to hydrolysis) is 1. The smallest absolute Gasteiger partial charge is 0.409 e. The number of carbonyl (C=O) groups excluding carboxylic acids is 2. The third-order valence-corrected chi connectivity index (χ3v) is 7.06. The quantitative estimate of drug-likeness (QED) is 0.260. The van der Waals surface area contributed by atoms with E-state index in [2.05, 4.69) is 32.2 Å². The first-order chi connectivity index (χ1) is 16.2. The Morgan fingerprint density at radius 2 is 2.06 bits per heavy atom. The first-order valence-corrected chi connectivity index (χ1v) is 12.1. The van der Waals surface area contributed by atoms with Crippen LogP contribution in [0, 0.1) is 5.92 Å². The Bertz CT molecular complexity index is 751. The molecule has 6 atom stereocenters. The maximum atomic E-state index is 12.5. The summed E-state index contributed by atoms with van der Waals surface area (Å²) >= 11 is 0. The van der Waals surface area contributed by atoms with E-state index in [4.69, 9.17) is 28.8 Å². The summed E-state index contributed by atoms with van der Waals surface area (Å²) in [5.41, 5.74) is 0.611. The maximum Gasteiger partial charge on any atom is 0.409 e. The number of methoxy groups -OCH3 is 1. The number of aliphatic hydroxyl groups is 1. The number of aliphatic hydroxyl groups excluding tert-OH is 1. The number of nitrogens with zero attached hydrogens (tertiary/aromatic N) is 1. The van der Waals surface area contributed by atoms with Gasteiger partial charge in [0.15, 0.2) is 0 Å². The second kappa shape index (κ2) is 11.2. The van der Waals surface area contributed by atoms with E-state index >= 15 is 0 Å². The average Bonchev–Trinajstić information content (AvgIpc) is 3.70. The lowest BCUT2D eigenvalue weighted by Crippen LogP contribution is -2.56. The number of hydrogen-bond donors (Lipinski definition) is 2. The fraction of sp³-hybridized carbons (Fsp3) is 0.833. The number of nitrogens with one attached hydrogen (secondary N) is 1. The summed E-state index contributed by atoms with van der Waals surface area (Å²) in [4.78, 5) is 25.4. The van der Waals surface area contributed by atoms with Crippen molar-refractivity contribution in [2.75, 3.05) is 47.1 Å². The zero-order valence-electron chi connectivity index (χ0n) is 21.0. The van der Waals surface area contributed by atoms with Gasteiger partial charge in [-0.05, 0) is 46.5 Å². The van der Waals surface area contributed by atoms with Crippen LogP contribution in [-0.2, 0) is 23.7 Å². The molecule has 10 nitrogen and oxygen atoms in total. The standard InChI is InChI=1S/C24H40N2O8/c1-16(2)7-8-18-23(3,34-18)20-19(30-5)17(9-10-24(20)15-32-24)33-21(28)25-11-6-14-31-22(29)26(4)12-13-27/h7,17-20,27H,6,8-15H2,1-5H3,(H,25,28). The van der Waals surface area contributed by atoms with Crippen LogP contribution in [0.25, 0.3) is 0 Å².